The Morgan fingerprint density at radius 1 is 0.571 bits per heavy atom. The summed E-state index contributed by atoms with van der Waals surface area (Å²) in [4.78, 5) is 33.5. The van der Waals surface area contributed by atoms with Gasteiger partial charge in [-0.05, 0) is 117 Å². The Labute approximate surface area is 329 Å². The summed E-state index contributed by atoms with van der Waals surface area (Å²) >= 11 is 0. The van der Waals surface area contributed by atoms with E-state index in [-0.39, 0.29) is 5.78 Å². The maximum absolute atomic E-state index is 12.5. The average molecular weight is 732 g/mol. The summed E-state index contributed by atoms with van der Waals surface area (Å²) in [6, 6.07) is 43.7. The molecule has 0 bridgehead atoms. The van der Waals surface area contributed by atoms with Crippen molar-refractivity contribution in [2.24, 2.45) is 0 Å². The quantitative estimate of drug-likeness (QED) is 0.139. The van der Waals surface area contributed by atoms with Crippen LogP contribution >= 0.6 is 0 Å². The van der Waals surface area contributed by atoms with Gasteiger partial charge in [0.15, 0.2) is 5.78 Å². The average Bonchev–Trinajstić information content (AvgIpc) is 3.23. The third-order valence-electron chi connectivity index (χ3n) is 7.92. The minimum atomic E-state index is -0.415. The van der Waals surface area contributed by atoms with Gasteiger partial charge in [-0.2, -0.15) is 0 Å². The second-order valence-electron chi connectivity index (χ2n) is 12.6. The van der Waals surface area contributed by atoms with Crippen molar-refractivity contribution in [3.8, 4) is 23.7 Å². The summed E-state index contributed by atoms with van der Waals surface area (Å²) in [5.74, 6) is 12.4. The van der Waals surface area contributed by atoms with Crippen molar-refractivity contribution in [3.63, 3.8) is 0 Å². The van der Waals surface area contributed by atoms with E-state index in [1.54, 1.807) is 25.4 Å². The van der Waals surface area contributed by atoms with Crippen LogP contribution < -0.4 is 0 Å². The molecule has 1 unspecified atom stereocenters. The maximum Gasteiger partial charge on any atom is 0.205 e. The molecule has 7 heteroatoms. The molecule has 0 spiro atoms. The van der Waals surface area contributed by atoms with Crippen LogP contribution in [0.25, 0.3) is 12.2 Å². The number of hydrogen-bond acceptors (Lipinski definition) is 7. The number of benzene rings is 3. The predicted molar refractivity (Wildman–Crippen MR) is 223 cm³/mol. The van der Waals surface area contributed by atoms with E-state index in [2.05, 4.69) is 48.6 Å². The summed E-state index contributed by atoms with van der Waals surface area (Å²) in [6.07, 6.45) is 6.93. The van der Waals surface area contributed by atoms with Crippen LogP contribution in [0.3, 0.4) is 0 Å². The van der Waals surface area contributed by atoms with E-state index < -0.39 is 6.10 Å². The van der Waals surface area contributed by atoms with Crippen molar-refractivity contribution in [2.45, 2.75) is 33.8 Å². The molecule has 1 atom stereocenters. The fraction of sp³-hybridized carbons (Fsp3) is 0.102. The molecule has 0 saturated carbocycles. The first kappa shape index (κ1) is 39.9. The molecule has 0 amide bonds. The first-order valence-electron chi connectivity index (χ1n) is 18.0. The first-order valence-corrected chi connectivity index (χ1v) is 18.0. The van der Waals surface area contributed by atoms with E-state index >= 15 is 0 Å². The van der Waals surface area contributed by atoms with Gasteiger partial charge in [-0.3, -0.25) is 9.78 Å². The molecule has 274 valence electrons. The summed E-state index contributed by atoms with van der Waals surface area (Å²) < 4.78 is 0. The van der Waals surface area contributed by atoms with Crippen molar-refractivity contribution in [1.82, 2.24) is 24.9 Å². The Morgan fingerprint density at radius 2 is 1.14 bits per heavy atom. The maximum atomic E-state index is 12.5. The van der Waals surface area contributed by atoms with Crippen LogP contribution in [0.1, 0.15) is 85.6 Å². The molecular formula is C49H41N5O2. The number of nitrogens with zero attached hydrogens (tertiary/aromatic N) is 5. The summed E-state index contributed by atoms with van der Waals surface area (Å²) in [5, 5.41) is 9.43. The minimum absolute atomic E-state index is 0.00271. The number of rotatable bonds is 5. The lowest BCUT2D eigenvalue weighted by Crippen LogP contribution is -2.00. The minimum Gasteiger partial charge on any atom is -0.389 e. The number of ketones is 1. The van der Waals surface area contributed by atoms with Crippen LogP contribution in [0.2, 0.25) is 0 Å². The van der Waals surface area contributed by atoms with Crippen LogP contribution in [-0.4, -0.2) is 35.8 Å². The van der Waals surface area contributed by atoms with Crippen LogP contribution in [0, 0.1) is 44.5 Å². The summed E-state index contributed by atoms with van der Waals surface area (Å²) in [5.41, 5.74) is 9.47. The van der Waals surface area contributed by atoms with E-state index in [4.69, 9.17) is 0 Å². The molecule has 0 fully saturated rings. The third-order valence-corrected chi connectivity index (χ3v) is 7.92. The van der Waals surface area contributed by atoms with Gasteiger partial charge in [0, 0.05) is 46.2 Å². The number of aliphatic hydroxyl groups excluding tert-OH is 1. The van der Waals surface area contributed by atoms with E-state index in [1.807, 2.05) is 166 Å². The molecule has 4 heterocycles. The van der Waals surface area contributed by atoms with E-state index in [9.17, 15) is 9.90 Å². The largest absolute Gasteiger partial charge is 0.389 e. The molecule has 7 nitrogen and oxygen atoms in total. The first-order chi connectivity index (χ1) is 27.2. The zero-order chi connectivity index (χ0) is 39.5. The number of carbonyl (C=O) groups excluding carboxylic acids is 1. The molecular weight excluding hydrogens is 691 g/mol. The highest BCUT2D eigenvalue weighted by Gasteiger charge is 2.08. The van der Waals surface area contributed by atoms with Crippen LogP contribution in [0.4, 0.5) is 0 Å². The van der Waals surface area contributed by atoms with Gasteiger partial charge in [-0.1, -0.05) is 96.9 Å². The number of aryl methyl sites for hydroxylation is 3. The van der Waals surface area contributed by atoms with E-state index in [0.29, 0.717) is 17.0 Å². The molecule has 0 aliphatic rings. The Morgan fingerprint density at radius 3 is 1.75 bits per heavy atom. The smallest absolute Gasteiger partial charge is 0.205 e. The zero-order valence-corrected chi connectivity index (χ0v) is 31.8. The molecule has 1 N–H and O–H groups in total. The van der Waals surface area contributed by atoms with Crippen LogP contribution in [-0.2, 0) is 0 Å². The number of carbonyl (C=O) groups is 1. The standard InChI is InChI=1S/C21H15NO.C16H17NO.C12H9N3/c1-16-7-5-12-20(22-16)14-13-17-8-6-11-19(15-17)21(23)18-9-3-2-4-10-18;1-12-4-3-5-16(17-12)11-8-14-6-9-15(10-7-14)13(2)18;1-10-4-2-5-11(15-10)6-7-12-13-8-3-9-14-12/h2-12,15H,1H3;3-11,13,18H,1-2H3;2-5,8-9H,1H3. The number of aromatic nitrogens is 5. The van der Waals surface area contributed by atoms with E-state index in [1.165, 1.54) is 0 Å². The van der Waals surface area contributed by atoms with Gasteiger partial charge in [-0.15, -0.1) is 0 Å². The normalized spacial score (nSPS) is 10.6. The lowest BCUT2D eigenvalue weighted by atomic mass is 10.0. The monoisotopic (exact) mass is 731 g/mol. The highest BCUT2D eigenvalue weighted by atomic mass is 16.3. The second kappa shape index (κ2) is 20.8. The Kier molecular flexibility index (Phi) is 14.8. The molecule has 0 radical (unpaired) electrons. The fourth-order valence-corrected chi connectivity index (χ4v) is 5.06. The lowest BCUT2D eigenvalue weighted by molar-refractivity contribution is 0.103. The molecule has 56 heavy (non-hydrogen) atoms. The Hall–Kier alpha value is -7.32. The van der Waals surface area contributed by atoms with Gasteiger partial charge >= 0.3 is 0 Å². The van der Waals surface area contributed by atoms with Gasteiger partial charge < -0.3 is 5.11 Å². The van der Waals surface area contributed by atoms with Crippen molar-refractivity contribution >= 4 is 17.9 Å². The summed E-state index contributed by atoms with van der Waals surface area (Å²) in [6.45, 7) is 7.62. The second-order valence-corrected chi connectivity index (χ2v) is 12.6. The molecule has 4 aromatic heterocycles. The topological polar surface area (TPSA) is 102 Å². The van der Waals surface area contributed by atoms with Gasteiger partial charge in [0.05, 0.1) is 11.8 Å². The molecule has 0 saturated heterocycles. The van der Waals surface area contributed by atoms with Crippen molar-refractivity contribution in [2.75, 3.05) is 0 Å². The molecule has 0 aliphatic heterocycles. The molecule has 3 aromatic carbocycles. The zero-order valence-electron chi connectivity index (χ0n) is 31.8. The van der Waals surface area contributed by atoms with Gasteiger partial charge in [0.1, 0.15) is 11.4 Å². The molecule has 0 aliphatic carbocycles. The SMILES string of the molecule is Cc1cccc(C#Cc2cccc(C(=O)c3ccccc3)c2)n1.Cc1cccc(C#Cc2ncccn2)n1.Cc1cccc(C=Cc2ccc(C(C)O)cc2)n1. The van der Waals surface area contributed by atoms with Crippen molar-refractivity contribution in [3.05, 3.63) is 220 Å². The summed E-state index contributed by atoms with van der Waals surface area (Å²) in [7, 11) is 0. The molecule has 7 rings (SSSR count). The predicted octanol–water partition coefficient (Wildman–Crippen LogP) is 9.21. The van der Waals surface area contributed by atoms with Gasteiger partial charge in [0.25, 0.3) is 0 Å². The van der Waals surface area contributed by atoms with Gasteiger partial charge in [0.2, 0.25) is 5.82 Å². The lowest BCUT2D eigenvalue weighted by Gasteiger charge is -2.03. The third kappa shape index (κ3) is 13.3. The van der Waals surface area contributed by atoms with Crippen molar-refractivity contribution in [1.29, 1.82) is 0 Å². The number of pyridine rings is 3. The Bertz CT molecular complexity index is 2510. The highest BCUT2D eigenvalue weighted by Crippen LogP contribution is 2.15. The fourth-order valence-electron chi connectivity index (χ4n) is 5.06. The number of hydrogen-bond donors (Lipinski definition) is 1. The van der Waals surface area contributed by atoms with E-state index in [0.717, 1.165) is 50.9 Å². The van der Waals surface area contributed by atoms with Gasteiger partial charge in [-0.25, -0.2) is 19.9 Å². The molecule has 7 aromatic rings. The number of aliphatic hydroxyl groups is 1. The Balaban J connectivity index is 0.000000165. The highest BCUT2D eigenvalue weighted by molar-refractivity contribution is 6.09. The van der Waals surface area contributed by atoms with Crippen molar-refractivity contribution < 1.29 is 9.90 Å². The van der Waals surface area contributed by atoms with Crippen LogP contribution in [0.5, 0.6) is 0 Å². The van der Waals surface area contributed by atoms with Crippen LogP contribution in [0.15, 0.2) is 152 Å².